The van der Waals surface area contributed by atoms with E-state index >= 15 is 0 Å². The van der Waals surface area contributed by atoms with E-state index in [9.17, 15) is 13.5 Å². The molecule has 146 valence electrons. The Labute approximate surface area is 163 Å². The van der Waals surface area contributed by atoms with E-state index in [2.05, 4.69) is 10.1 Å². The van der Waals surface area contributed by atoms with Crippen LogP contribution in [0.2, 0.25) is 0 Å². The number of phenols is 1. The Morgan fingerprint density at radius 2 is 1.75 bits per heavy atom. The minimum Gasteiger partial charge on any atom is -0.507 e. The Kier molecular flexibility index (Phi) is 5.48. The summed E-state index contributed by atoms with van der Waals surface area (Å²) in [7, 11) is 0.464. The Bertz CT molecular complexity index is 1100. The van der Waals surface area contributed by atoms with E-state index in [0.717, 1.165) is 19.7 Å². The SMILES string of the molecule is COc1ccc(C=Cc2nc(-c3ccccc3O)n(S(=O)(=O)N(C)C)n2)cc1. The molecule has 9 heteroatoms. The van der Waals surface area contributed by atoms with Crippen LogP contribution in [0.3, 0.4) is 0 Å². The number of hydrogen-bond acceptors (Lipinski definition) is 6. The molecule has 0 aliphatic rings. The zero-order chi connectivity index (χ0) is 20.3. The average Bonchev–Trinajstić information content (AvgIpc) is 3.12. The van der Waals surface area contributed by atoms with Crippen molar-refractivity contribution in [2.24, 2.45) is 0 Å². The molecule has 0 amide bonds. The van der Waals surface area contributed by atoms with Crippen molar-refractivity contribution in [3.63, 3.8) is 0 Å². The van der Waals surface area contributed by atoms with Crippen LogP contribution in [0.5, 0.6) is 11.5 Å². The fraction of sp³-hybridized carbons (Fsp3) is 0.158. The molecule has 1 heterocycles. The highest BCUT2D eigenvalue weighted by molar-refractivity contribution is 7.87. The van der Waals surface area contributed by atoms with Crippen LogP contribution in [0, 0.1) is 0 Å². The lowest BCUT2D eigenvalue weighted by Gasteiger charge is -2.12. The summed E-state index contributed by atoms with van der Waals surface area (Å²) in [5.41, 5.74) is 1.14. The molecule has 1 aromatic heterocycles. The molecule has 0 spiro atoms. The van der Waals surface area contributed by atoms with E-state index in [1.807, 2.05) is 24.3 Å². The summed E-state index contributed by atoms with van der Waals surface area (Å²) in [5.74, 6) is 0.870. The largest absolute Gasteiger partial charge is 0.507 e. The number of rotatable bonds is 6. The molecule has 0 bridgehead atoms. The van der Waals surface area contributed by atoms with Gasteiger partial charge in [0.2, 0.25) is 0 Å². The predicted octanol–water partition coefficient (Wildman–Crippen LogP) is 2.48. The summed E-state index contributed by atoms with van der Waals surface area (Å²) < 4.78 is 32.3. The second-order valence-electron chi connectivity index (χ2n) is 6.05. The molecule has 0 fully saturated rings. The number of aromatic hydroxyl groups is 1. The van der Waals surface area contributed by atoms with E-state index in [1.165, 1.54) is 20.2 Å². The lowest BCUT2D eigenvalue weighted by molar-refractivity contribution is 0.415. The summed E-state index contributed by atoms with van der Waals surface area (Å²) in [4.78, 5) is 4.31. The summed E-state index contributed by atoms with van der Waals surface area (Å²) in [6.07, 6.45) is 3.36. The van der Waals surface area contributed by atoms with Crippen molar-refractivity contribution in [2.45, 2.75) is 0 Å². The van der Waals surface area contributed by atoms with Crippen molar-refractivity contribution in [1.82, 2.24) is 18.5 Å². The first-order valence-corrected chi connectivity index (χ1v) is 9.73. The van der Waals surface area contributed by atoms with Crippen LogP contribution in [0.15, 0.2) is 48.5 Å². The number of methoxy groups -OCH3 is 1. The molecule has 0 aliphatic carbocycles. The standard InChI is InChI=1S/C19H20N4O4S/c1-22(2)28(25,26)23-19(16-6-4-5-7-17(16)24)20-18(21-23)13-10-14-8-11-15(27-3)12-9-14/h4-13,24H,1-3H3. The summed E-state index contributed by atoms with van der Waals surface area (Å²) in [5, 5.41) is 14.3. The third-order valence-electron chi connectivity index (χ3n) is 3.96. The van der Waals surface area contributed by atoms with Gasteiger partial charge in [-0.25, -0.2) is 4.98 Å². The monoisotopic (exact) mass is 400 g/mol. The molecule has 0 saturated carbocycles. The van der Waals surface area contributed by atoms with Crippen molar-refractivity contribution in [1.29, 1.82) is 0 Å². The molecule has 0 atom stereocenters. The number of benzene rings is 2. The van der Waals surface area contributed by atoms with Gasteiger partial charge in [-0.05, 0) is 35.9 Å². The Hall–Kier alpha value is -3.17. The van der Waals surface area contributed by atoms with Gasteiger partial charge in [-0.15, -0.1) is 9.19 Å². The van der Waals surface area contributed by atoms with Crippen LogP contribution < -0.4 is 4.74 Å². The normalized spacial score (nSPS) is 12.0. The van der Waals surface area contributed by atoms with Crippen molar-refractivity contribution < 1.29 is 18.3 Å². The van der Waals surface area contributed by atoms with Gasteiger partial charge >= 0.3 is 10.2 Å². The molecule has 28 heavy (non-hydrogen) atoms. The maximum Gasteiger partial charge on any atom is 0.324 e. The van der Waals surface area contributed by atoms with Gasteiger partial charge in [0.1, 0.15) is 11.5 Å². The molecule has 0 unspecified atom stereocenters. The van der Waals surface area contributed by atoms with E-state index in [1.54, 1.807) is 37.5 Å². The van der Waals surface area contributed by atoms with Gasteiger partial charge in [-0.3, -0.25) is 0 Å². The second-order valence-corrected chi connectivity index (χ2v) is 8.02. The molecular formula is C19H20N4O4S. The van der Waals surface area contributed by atoms with Crippen LogP contribution in [0.1, 0.15) is 11.4 Å². The van der Waals surface area contributed by atoms with Crippen molar-refractivity contribution in [2.75, 3.05) is 21.2 Å². The molecule has 1 N–H and O–H groups in total. The highest BCUT2D eigenvalue weighted by atomic mass is 32.2. The molecule has 2 aromatic carbocycles. The van der Waals surface area contributed by atoms with E-state index in [-0.39, 0.29) is 23.0 Å². The van der Waals surface area contributed by atoms with E-state index < -0.39 is 10.2 Å². The molecule has 0 aliphatic heterocycles. The maximum absolute atomic E-state index is 12.7. The van der Waals surface area contributed by atoms with Gasteiger partial charge in [0, 0.05) is 14.1 Å². The number of phenolic OH excluding ortho intramolecular Hbond substituents is 1. The molecule has 0 radical (unpaired) electrons. The van der Waals surface area contributed by atoms with Gasteiger partial charge in [0.05, 0.1) is 12.7 Å². The maximum atomic E-state index is 12.7. The van der Waals surface area contributed by atoms with Gasteiger partial charge in [-0.1, -0.05) is 30.3 Å². The smallest absolute Gasteiger partial charge is 0.324 e. The lowest BCUT2D eigenvalue weighted by Crippen LogP contribution is -2.30. The average molecular weight is 400 g/mol. The Morgan fingerprint density at radius 1 is 1.07 bits per heavy atom. The zero-order valence-corrected chi connectivity index (χ0v) is 16.5. The van der Waals surface area contributed by atoms with Crippen LogP contribution in [-0.4, -0.2) is 53.2 Å². The number of aromatic nitrogens is 3. The first-order chi connectivity index (χ1) is 13.3. The first-order valence-electron chi connectivity index (χ1n) is 8.33. The second kappa shape index (κ2) is 7.83. The van der Waals surface area contributed by atoms with Crippen molar-refractivity contribution >= 4 is 22.4 Å². The predicted molar refractivity (Wildman–Crippen MR) is 107 cm³/mol. The summed E-state index contributed by atoms with van der Waals surface area (Å²) in [6, 6.07) is 13.7. The highest BCUT2D eigenvalue weighted by Gasteiger charge is 2.25. The molecular weight excluding hydrogens is 380 g/mol. The molecule has 0 saturated heterocycles. The first kappa shape index (κ1) is 19.6. The van der Waals surface area contributed by atoms with Crippen LogP contribution >= 0.6 is 0 Å². The van der Waals surface area contributed by atoms with Gasteiger partial charge in [0.25, 0.3) is 0 Å². The Balaban J connectivity index is 2.06. The quantitative estimate of drug-likeness (QED) is 0.683. The van der Waals surface area contributed by atoms with E-state index in [0.29, 0.717) is 0 Å². The Morgan fingerprint density at radius 3 is 2.36 bits per heavy atom. The third-order valence-corrected chi connectivity index (χ3v) is 5.58. The highest BCUT2D eigenvalue weighted by Crippen LogP contribution is 2.28. The van der Waals surface area contributed by atoms with Gasteiger partial charge < -0.3 is 9.84 Å². The van der Waals surface area contributed by atoms with Gasteiger partial charge in [-0.2, -0.15) is 12.7 Å². The zero-order valence-electron chi connectivity index (χ0n) is 15.6. The van der Waals surface area contributed by atoms with Crippen LogP contribution in [-0.2, 0) is 10.2 Å². The number of para-hydroxylation sites is 1. The van der Waals surface area contributed by atoms with Crippen molar-refractivity contribution in [3.8, 4) is 22.9 Å². The lowest BCUT2D eigenvalue weighted by atomic mass is 10.2. The molecule has 3 aromatic rings. The summed E-state index contributed by atoms with van der Waals surface area (Å²) in [6.45, 7) is 0. The minimum absolute atomic E-state index is 0.0289. The van der Waals surface area contributed by atoms with Crippen molar-refractivity contribution in [3.05, 3.63) is 59.9 Å². The van der Waals surface area contributed by atoms with Gasteiger partial charge in [0.15, 0.2) is 11.6 Å². The van der Waals surface area contributed by atoms with E-state index in [4.69, 9.17) is 4.74 Å². The van der Waals surface area contributed by atoms with Crippen LogP contribution in [0.25, 0.3) is 23.5 Å². The minimum atomic E-state index is -3.93. The number of ether oxygens (including phenoxy) is 1. The number of nitrogens with zero attached hydrogens (tertiary/aromatic N) is 4. The number of hydrogen-bond donors (Lipinski definition) is 1. The molecule has 3 rings (SSSR count). The third kappa shape index (κ3) is 3.90. The fourth-order valence-corrected chi connectivity index (χ4v) is 3.27. The molecule has 8 nitrogen and oxygen atoms in total. The summed E-state index contributed by atoms with van der Waals surface area (Å²) >= 11 is 0. The van der Waals surface area contributed by atoms with Crippen LogP contribution in [0.4, 0.5) is 0 Å². The topological polar surface area (TPSA) is 97.5 Å². The fourth-order valence-electron chi connectivity index (χ4n) is 2.41.